The van der Waals surface area contributed by atoms with E-state index in [1.165, 1.54) is 17.5 Å². The Morgan fingerprint density at radius 1 is 1.44 bits per heavy atom. The van der Waals surface area contributed by atoms with E-state index in [1.54, 1.807) is 0 Å². The Morgan fingerprint density at radius 3 is 3.06 bits per heavy atom. The van der Waals surface area contributed by atoms with E-state index in [4.69, 9.17) is 16.3 Å². The lowest BCUT2D eigenvalue weighted by Gasteiger charge is -2.24. The molecule has 0 aromatic heterocycles. The normalized spacial score (nSPS) is 32.5. The van der Waals surface area contributed by atoms with E-state index in [0.717, 1.165) is 31.6 Å². The number of hydrogen-bond acceptors (Lipinski definition) is 1. The number of rotatable bonds is 1. The largest absolute Gasteiger partial charge is 0.493 e. The second kappa shape index (κ2) is 3.66. The first-order chi connectivity index (χ1) is 7.67. The van der Waals surface area contributed by atoms with Gasteiger partial charge in [0.1, 0.15) is 5.75 Å². The molecule has 1 fully saturated rings. The lowest BCUT2D eigenvalue weighted by molar-refractivity contribution is 0.356. The van der Waals surface area contributed by atoms with Crippen LogP contribution in [0.4, 0.5) is 0 Å². The molecule has 3 rings (SSSR count). The Bertz CT molecular complexity index is 415. The zero-order chi connectivity index (χ0) is 11.2. The quantitative estimate of drug-likeness (QED) is 0.676. The van der Waals surface area contributed by atoms with Crippen molar-refractivity contribution >= 4 is 11.6 Å². The molecule has 1 saturated carbocycles. The van der Waals surface area contributed by atoms with Crippen LogP contribution in [0.2, 0.25) is 0 Å². The molecule has 0 saturated heterocycles. The molecule has 2 unspecified atom stereocenters. The summed E-state index contributed by atoms with van der Waals surface area (Å²) in [6.45, 7) is 3.18. The summed E-state index contributed by atoms with van der Waals surface area (Å²) in [4.78, 5) is 0. The summed E-state index contributed by atoms with van der Waals surface area (Å²) in [6.07, 6.45) is 4.52. The van der Waals surface area contributed by atoms with Crippen LogP contribution in [0.5, 0.6) is 5.75 Å². The number of hydrogen-bond donors (Lipinski definition) is 0. The fourth-order valence-corrected chi connectivity index (χ4v) is 3.44. The molecule has 0 radical (unpaired) electrons. The van der Waals surface area contributed by atoms with Crippen LogP contribution in [0.25, 0.3) is 0 Å². The minimum atomic E-state index is 0.282. The van der Waals surface area contributed by atoms with E-state index in [2.05, 4.69) is 25.1 Å². The molecular formula is C14H17ClO. The Balaban J connectivity index is 1.95. The van der Waals surface area contributed by atoms with Gasteiger partial charge in [-0.05, 0) is 41.9 Å². The van der Waals surface area contributed by atoms with Crippen LogP contribution < -0.4 is 4.74 Å². The molecule has 1 aromatic rings. The summed E-state index contributed by atoms with van der Waals surface area (Å²) >= 11 is 6.24. The minimum absolute atomic E-state index is 0.282. The first-order valence-electron chi connectivity index (χ1n) is 6.08. The second-order valence-corrected chi connectivity index (χ2v) is 5.94. The van der Waals surface area contributed by atoms with Crippen molar-refractivity contribution in [3.8, 4) is 5.75 Å². The van der Waals surface area contributed by atoms with Crippen molar-refractivity contribution in [3.05, 3.63) is 29.3 Å². The molecule has 1 aliphatic heterocycles. The van der Waals surface area contributed by atoms with Crippen LogP contribution in [0, 0.1) is 0 Å². The Labute approximate surface area is 102 Å². The van der Waals surface area contributed by atoms with Crippen LogP contribution in [0.1, 0.15) is 37.3 Å². The maximum Gasteiger partial charge on any atom is 0.122 e. The summed E-state index contributed by atoms with van der Waals surface area (Å²) in [7, 11) is 0. The molecule has 0 N–H and O–H groups in total. The number of alkyl halides is 1. The highest BCUT2D eigenvalue weighted by atomic mass is 35.5. The number of halogens is 1. The average molecular weight is 237 g/mol. The molecule has 16 heavy (non-hydrogen) atoms. The summed E-state index contributed by atoms with van der Waals surface area (Å²) < 4.78 is 5.54. The zero-order valence-corrected chi connectivity index (χ0v) is 10.4. The van der Waals surface area contributed by atoms with Crippen molar-refractivity contribution in [1.82, 2.24) is 0 Å². The highest BCUT2D eigenvalue weighted by Gasteiger charge is 2.36. The van der Waals surface area contributed by atoms with E-state index >= 15 is 0 Å². The Morgan fingerprint density at radius 2 is 2.31 bits per heavy atom. The molecule has 1 nitrogen and oxygen atoms in total. The summed E-state index contributed by atoms with van der Waals surface area (Å²) in [5, 5.41) is 0.356. The molecule has 0 spiro atoms. The smallest absolute Gasteiger partial charge is 0.122 e. The van der Waals surface area contributed by atoms with Crippen molar-refractivity contribution in [2.75, 3.05) is 6.61 Å². The van der Waals surface area contributed by atoms with Crippen molar-refractivity contribution in [2.45, 2.75) is 43.4 Å². The van der Waals surface area contributed by atoms with Gasteiger partial charge in [0.2, 0.25) is 0 Å². The second-order valence-electron chi connectivity index (χ2n) is 5.32. The third-order valence-electron chi connectivity index (χ3n) is 4.07. The lowest BCUT2D eigenvalue weighted by atomic mass is 9.80. The van der Waals surface area contributed by atoms with E-state index in [1.807, 2.05) is 0 Å². The van der Waals surface area contributed by atoms with Crippen LogP contribution in [-0.4, -0.2) is 12.0 Å². The fourth-order valence-electron chi connectivity index (χ4n) is 2.99. The zero-order valence-electron chi connectivity index (χ0n) is 9.63. The van der Waals surface area contributed by atoms with Crippen LogP contribution in [0.3, 0.4) is 0 Å². The van der Waals surface area contributed by atoms with E-state index < -0.39 is 0 Å². The molecule has 1 aromatic carbocycles. The number of fused-ring (bicyclic) bond motifs is 1. The molecule has 1 aliphatic carbocycles. The predicted molar refractivity (Wildman–Crippen MR) is 66.5 cm³/mol. The van der Waals surface area contributed by atoms with Gasteiger partial charge in [0.15, 0.2) is 0 Å². The van der Waals surface area contributed by atoms with Gasteiger partial charge >= 0.3 is 0 Å². The summed E-state index contributed by atoms with van der Waals surface area (Å²) in [6, 6.07) is 6.68. The highest BCUT2D eigenvalue weighted by Crippen LogP contribution is 2.44. The van der Waals surface area contributed by atoms with Gasteiger partial charge in [-0.2, -0.15) is 0 Å². The predicted octanol–water partition coefficient (Wildman–Crippen LogP) is 3.67. The molecule has 1 heterocycles. The maximum absolute atomic E-state index is 6.24. The molecule has 2 atom stereocenters. The van der Waals surface area contributed by atoms with Crippen LogP contribution in [0.15, 0.2) is 18.2 Å². The van der Waals surface area contributed by atoms with Gasteiger partial charge in [-0.25, -0.2) is 0 Å². The van der Waals surface area contributed by atoms with Crippen molar-refractivity contribution < 1.29 is 4.74 Å². The summed E-state index contributed by atoms with van der Waals surface area (Å²) in [5.41, 5.74) is 3.10. The SMILES string of the molecule is CC1(c2ccc3c(c2)CCO3)CCC(Cl)C1. The third-order valence-corrected chi connectivity index (χ3v) is 4.44. The van der Waals surface area contributed by atoms with Gasteiger partial charge in [0, 0.05) is 11.8 Å². The van der Waals surface area contributed by atoms with E-state index in [0.29, 0.717) is 5.38 Å². The minimum Gasteiger partial charge on any atom is -0.493 e. The topological polar surface area (TPSA) is 9.23 Å². The first-order valence-corrected chi connectivity index (χ1v) is 6.51. The van der Waals surface area contributed by atoms with Gasteiger partial charge in [0.25, 0.3) is 0 Å². The van der Waals surface area contributed by atoms with Crippen molar-refractivity contribution in [1.29, 1.82) is 0 Å². The molecule has 0 bridgehead atoms. The maximum atomic E-state index is 6.24. The third kappa shape index (κ3) is 1.62. The molecule has 86 valence electrons. The lowest BCUT2D eigenvalue weighted by Crippen LogP contribution is -2.17. The van der Waals surface area contributed by atoms with Gasteiger partial charge in [-0.3, -0.25) is 0 Å². The van der Waals surface area contributed by atoms with Crippen LogP contribution in [-0.2, 0) is 11.8 Å². The van der Waals surface area contributed by atoms with Gasteiger partial charge in [0.05, 0.1) is 6.61 Å². The van der Waals surface area contributed by atoms with Gasteiger partial charge in [-0.15, -0.1) is 11.6 Å². The first kappa shape index (κ1) is 10.5. The molecule has 0 amide bonds. The molecular weight excluding hydrogens is 220 g/mol. The number of ether oxygens (including phenoxy) is 1. The van der Waals surface area contributed by atoms with Crippen molar-refractivity contribution in [2.24, 2.45) is 0 Å². The van der Waals surface area contributed by atoms with Crippen molar-refractivity contribution in [3.63, 3.8) is 0 Å². The van der Waals surface area contributed by atoms with E-state index in [-0.39, 0.29) is 5.41 Å². The van der Waals surface area contributed by atoms with Crippen LogP contribution >= 0.6 is 11.6 Å². The average Bonchev–Trinajstić information content (AvgIpc) is 2.84. The Hall–Kier alpha value is -0.690. The van der Waals surface area contributed by atoms with Gasteiger partial charge in [-0.1, -0.05) is 19.1 Å². The standard InChI is InChI=1S/C14H17ClO/c1-14(6-4-12(15)9-14)11-2-3-13-10(8-11)5-7-16-13/h2-3,8,12H,4-7,9H2,1H3. The highest BCUT2D eigenvalue weighted by molar-refractivity contribution is 6.20. The Kier molecular flexibility index (Phi) is 2.39. The monoisotopic (exact) mass is 236 g/mol. The van der Waals surface area contributed by atoms with Gasteiger partial charge < -0.3 is 4.74 Å². The van der Waals surface area contributed by atoms with E-state index in [9.17, 15) is 0 Å². The summed E-state index contributed by atoms with van der Waals surface area (Å²) in [5.74, 6) is 1.08. The number of benzene rings is 1. The molecule has 2 heteroatoms. The fraction of sp³-hybridized carbons (Fsp3) is 0.571. The molecule has 2 aliphatic rings.